The molecule has 0 atom stereocenters. The van der Waals surface area contributed by atoms with Gasteiger partial charge in [0.2, 0.25) is 11.8 Å². The fourth-order valence-corrected chi connectivity index (χ4v) is 6.22. The molecule has 0 saturated heterocycles. The first-order chi connectivity index (χ1) is 20.6. The summed E-state index contributed by atoms with van der Waals surface area (Å²) in [6.07, 6.45) is 1.11. The molecule has 0 aliphatic carbocycles. The van der Waals surface area contributed by atoms with Crippen molar-refractivity contribution in [1.29, 1.82) is 16.2 Å². The van der Waals surface area contributed by atoms with Crippen LogP contribution in [0.25, 0.3) is 0 Å². The van der Waals surface area contributed by atoms with Gasteiger partial charge in [0.1, 0.15) is 0 Å². The zero-order valence-electron chi connectivity index (χ0n) is 24.6. The molecule has 14 heteroatoms. The number of methoxy groups -OCH3 is 4. The van der Waals surface area contributed by atoms with Crippen LogP contribution in [0.1, 0.15) is 24.0 Å². The van der Waals surface area contributed by atoms with Gasteiger partial charge in [-0.2, -0.15) is 11.8 Å². The van der Waals surface area contributed by atoms with Gasteiger partial charge in [-0.1, -0.05) is 42.6 Å². The first-order valence-corrected chi connectivity index (χ1v) is 15.8. The zero-order chi connectivity index (χ0) is 31.8. The quantitative estimate of drug-likeness (QED) is 0.101. The summed E-state index contributed by atoms with van der Waals surface area (Å²) in [6, 6.07) is 10.5. The average molecular weight is 648 g/mol. The standard InChI is InChI=1S/C29H37N5O6S3/c1-18(42-28(31)33-24(35)16-19-8-6-10-21(37-2)26(19)39-4)12-14-41-15-13-23(30)43-29(32)34-25(36)17-20-9-7-11-22(38-3)27(20)40-5/h6-11,30H,1,12-17H2,2-5H3,(H2,31,33,35)(H2,32,34,36). The number of carbonyl (C=O) groups is 2. The predicted octanol–water partition coefficient (Wildman–Crippen LogP) is 5.08. The highest BCUT2D eigenvalue weighted by Gasteiger charge is 2.16. The van der Waals surface area contributed by atoms with E-state index in [2.05, 4.69) is 17.2 Å². The predicted molar refractivity (Wildman–Crippen MR) is 177 cm³/mol. The number of rotatable bonds is 15. The minimum absolute atomic E-state index is 0.00649. The van der Waals surface area contributed by atoms with Gasteiger partial charge in [-0.15, -0.1) is 0 Å². The summed E-state index contributed by atoms with van der Waals surface area (Å²) in [6.45, 7) is 3.98. The van der Waals surface area contributed by atoms with Gasteiger partial charge in [0.25, 0.3) is 0 Å². The summed E-state index contributed by atoms with van der Waals surface area (Å²) in [5.74, 6) is 2.66. The monoisotopic (exact) mass is 647 g/mol. The third-order valence-corrected chi connectivity index (χ3v) is 8.19. The molecule has 0 aliphatic rings. The van der Waals surface area contributed by atoms with Crippen LogP contribution in [0.15, 0.2) is 47.9 Å². The van der Waals surface area contributed by atoms with Gasteiger partial charge in [0, 0.05) is 17.5 Å². The number of allylic oxidation sites excluding steroid dienone is 1. The molecule has 232 valence electrons. The van der Waals surface area contributed by atoms with E-state index in [1.54, 1.807) is 48.2 Å². The van der Waals surface area contributed by atoms with Crippen LogP contribution < -0.4 is 29.6 Å². The number of hydrogen-bond donors (Lipinski definition) is 5. The fourth-order valence-electron chi connectivity index (χ4n) is 3.75. The number of carbonyl (C=O) groups excluding carboxylic acids is 2. The number of thioether (sulfide) groups is 3. The fraction of sp³-hybridized carbons (Fsp3) is 0.345. The first kappa shape index (κ1) is 35.6. The molecule has 0 heterocycles. The molecular formula is C29H37N5O6S3. The van der Waals surface area contributed by atoms with Crippen molar-refractivity contribution < 1.29 is 28.5 Å². The lowest BCUT2D eigenvalue weighted by atomic mass is 10.1. The van der Waals surface area contributed by atoms with Gasteiger partial charge in [-0.3, -0.25) is 25.8 Å². The molecule has 0 saturated carbocycles. The number of ether oxygens (including phenoxy) is 4. The molecule has 2 amide bonds. The van der Waals surface area contributed by atoms with Gasteiger partial charge in [0.05, 0.1) is 46.3 Å². The Hall–Kier alpha value is -3.62. The van der Waals surface area contributed by atoms with Crippen LogP contribution in [0.3, 0.4) is 0 Å². The lowest BCUT2D eigenvalue weighted by molar-refractivity contribution is -0.119. The number of amidine groups is 2. The van der Waals surface area contributed by atoms with E-state index < -0.39 is 0 Å². The van der Waals surface area contributed by atoms with Crippen LogP contribution in [0.4, 0.5) is 0 Å². The normalized spacial score (nSPS) is 10.3. The molecule has 5 N–H and O–H groups in total. The van der Waals surface area contributed by atoms with E-state index >= 15 is 0 Å². The molecule has 2 aromatic rings. The smallest absolute Gasteiger partial charge is 0.230 e. The highest BCUT2D eigenvalue weighted by Crippen LogP contribution is 2.32. The second-order valence-electron chi connectivity index (χ2n) is 8.69. The first-order valence-electron chi connectivity index (χ1n) is 13.0. The van der Waals surface area contributed by atoms with Crippen molar-refractivity contribution in [2.24, 2.45) is 0 Å². The Kier molecular flexibility index (Phi) is 15.6. The maximum atomic E-state index is 12.4. The topological polar surface area (TPSA) is 167 Å². The molecule has 43 heavy (non-hydrogen) atoms. The van der Waals surface area contributed by atoms with E-state index in [0.717, 1.165) is 34.2 Å². The Morgan fingerprint density at radius 2 is 1.19 bits per heavy atom. The highest BCUT2D eigenvalue weighted by atomic mass is 32.2. The van der Waals surface area contributed by atoms with E-state index in [4.69, 9.17) is 35.2 Å². The Morgan fingerprint density at radius 1 is 0.721 bits per heavy atom. The van der Waals surface area contributed by atoms with Crippen LogP contribution in [-0.2, 0) is 22.4 Å². The van der Waals surface area contributed by atoms with Crippen LogP contribution in [0, 0.1) is 16.2 Å². The second kappa shape index (κ2) is 18.8. The van der Waals surface area contributed by atoms with Crippen LogP contribution in [-0.4, -0.2) is 67.1 Å². The van der Waals surface area contributed by atoms with Crippen molar-refractivity contribution in [3.05, 3.63) is 59.0 Å². The van der Waals surface area contributed by atoms with Gasteiger partial charge >= 0.3 is 0 Å². The molecule has 0 aromatic heterocycles. The van der Waals surface area contributed by atoms with Crippen molar-refractivity contribution >= 4 is 62.5 Å². The lowest BCUT2D eigenvalue weighted by Gasteiger charge is -2.13. The molecule has 11 nitrogen and oxygen atoms in total. The molecule has 2 aromatic carbocycles. The van der Waals surface area contributed by atoms with Crippen molar-refractivity contribution in [1.82, 2.24) is 10.6 Å². The van der Waals surface area contributed by atoms with Crippen molar-refractivity contribution in [2.75, 3.05) is 39.9 Å². The molecular weight excluding hydrogens is 611 g/mol. The lowest BCUT2D eigenvalue weighted by Crippen LogP contribution is -2.30. The van der Waals surface area contributed by atoms with Gasteiger partial charge in [-0.05, 0) is 46.7 Å². The number of amides is 2. The summed E-state index contributed by atoms with van der Waals surface area (Å²) in [4.78, 5) is 25.6. The van der Waals surface area contributed by atoms with E-state index in [-0.39, 0.29) is 40.0 Å². The number of benzene rings is 2. The summed E-state index contributed by atoms with van der Waals surface area (Å²) in [7, 11) is 6.06. The van der Waals surface area contributed by atoms with Gasteiger partial charge in [0.15, 0.2) is 33.3 Å². The summed E-state index contributed by atoms with van der Waals surface area (Å²) >= 11 is 3.61. The molecule has 0 spiro atoms. The van der Waals surface area contributed by atoms with Crippen molar-refractivity contribution in [3.63, 3.8) is 0 Å². The van der Waals surface area contributed by atoms with Crippen molar-refractivity contribution in [2.45, 2.75) is 25.7 Å². The van der Waals surface area contributed by atoms with E-state index in [1.807, 2.05) is 0 Å². The third-order valence-electron chi connectivity index (χ3n) is 5.65. The molecule has 0 unspecified atom stereocenters. The van der Waals surface area contributed by atoms with Crippen molar-refractivity contribution in [3.8, 4) is 23.0 Å². The number of hydrogen-bond acceptors (Lipinski definition) is 12. The third kappa shape index (κ3) is 12.3. The minimum Gasteiger partial charge on any atom is -0.493 e. The minimum atomic E-state index is -0.385. The largest absolute Gasteiger partial charge is 0.493 e. The van der Waals surface area contributed by atoms with Crippen LogP contribution in [0.5, 0.6) is 23.0 Å². The van der Waals surface area contributed by atoms with Crippen LogP contribution >= 0.6 is 35.3 Å². The maximum absolute atomic E-state index is 12.4. The molecule has 2 rings (SSSR count). The Morgan fingerprint density at radius 3 is 1.65 bits per heavy atom. The van der Waals surface area contributed by atoms with E-state index in [9.17, 15) is 9.59 Å². The van der Waals surface area contributed by atoms with Gasteiger partial charge in [-0.25, -0.2) is 0 Å². The van der Waals surface area contributed by atoms with Gasteiger partial charge < -0.3 is 29.6 Å². The SMILES string of the molecule is C=C(CCSCCC(=N)SC(=N)NC(=O)Cc1cccc(OC)c1OC)SC(=N)NC(=O)Cc1cccc(OC)c1OC. The average Bonchev–Trinajstić information content (AvgIpc) is 2.96. The zero-order valence-corrected chi connectivity index (χ0v) is 27.0. The molecule has 0 aliphatic heterocycles. The Labute approximate surface area is 264 Å². The van der Waals surface area contributed by atoms with E-state index in [1.165, 1.54) is 28.4 Å². The molecule has 0 fully saturated rings. The summed E-state index contributed by atoms with van der Waals surface area (Å²) in [5, 5.41) is 29.5. The second-order valence-corrected chi connectivity index (χ2v) is 12.2. The number of nitrogens with one attached hydrogen (secondary N) is 5. The summed E-state index contributed by atoms with van der Waals surface area (Å²) < 4.78 is 21.2. The molecule has 0 bridgehead atoms. The maximum Gasteiger partial charge on any atom is 0.230 e. The Bertz CT molecular complexity index is 1240. The number of para-hydroxylation sites is 2. The highest BCUT2D eigenvalue weighted by molar-refractivity contribution is 8.26. The van der Waals surface area contributed by atoms with E-state index in [0.29, 0.717) is 52.7 Å². The van der Waals surface area contributed by atoms with Crippen LogP contribution in [0.2, 0.25) is 0 Å². The molecule has 0 radical (unpaired) electrons. The Balaban J connectivity index is 1.63. The summed E-state index contributed by atoms with van der Waals surface area (Å²) in [5.41, 5.74) is 1.29.